The molecule has 0 bridgehead atoms. The number of benzene rings is 3. The summed E-state index contributed by atoms with van der Waals surface area (Å²) in [6.07, 6.45) is 0.986. The number of hydrogen-bond acceptors (Lipinski definition) is 5. The lowest BCUT2D eigenvalue weighted by atomic mass is 10.0. The van der Waals surface area contributed by atoms with Crippen LogP contribution in [0.4, 0.5) is 11.5 Å². The zero-order valence-electron chi connectivity index (χ0n) is 19.7. The van der Waals surface area contributed by atoms with Gasteiger partial charge in [-0.25, -0.2) is 0 Å². The minimum Gasteiger partial charge on any atom is -0.493 e. The van der Waals surface area contributed by atoms with Gasteiger partial charge in [-0.1, -0.05) is 31.2 Å². The Bertz CT molecular complexity index is 1290. The van der Waals surface area contributed by atoms with Crippen molar-refractivity contribution in [1.29, 1.82) is 0 Å². The fourth-order valence-electron chi connectivity index (χ4n) is 5.03. The van der Waals surface area contributed by atoms with Gasteiger partial charge in [0.25, 0.3) is 0 Å². The first-order chi connectivity index (χ1) is 16.8. The molecule has 0 spiro atoms. The molecule has 0 amide bonds. The number of aromatic amines is 1. The molecule has 2 aliphatic heterocycles. The van der Waals surface area contributed by atoms with Gasteiger partial charge in [0.15, 0.2) is 5.82 Å². The third-order valence-electron chi connectivity index (χ3n) is 7.17. The first-order valence-corrected chi connectivity index (χ1v) is 12.3. The van der Waals surface area contributed by atoms with E-state index >= 15 is 0 Å². The minimum absolute atomic E-state index is 0.746. The summed E-state index contributed by atoms with van der Waals surface area (Å²) in [7, 11) is 0. The molecule has 174 valence electrons. The normalized spacial score (nSPS) is 16.0. The summed E-state index contributed by atoms with van der Waals surface area (Å²) in [6, 6.07) is 21.9. The van der Waals surface area contributed by atoms with Crippen LogP contribution in [0.15, 0.2) is 60.7 Å². The van der Waals surface area contributed by atoms with Gasteiger partial charge in [-0.3, -0.25) is 5.10 Å². The highest BCUT2D eigenvalue weighted by atomic mass is 16.5. The SMILES string of the molecule is CCN1CCN(c2ccc(CNc3n[nH]c4cc(-c5ccc6c(c5)CCO6)ccc34)cc2)CC1. The van der Waals surface area contributed by atoms with E-state index in [9.17, 15) is 0 Å². The second kappa shape index (κ2) is 9.03. The van der Waals surface area contributed by atoms with Crippen molar-refractivity contribution < 1.29 is 4.74 Å². The molecule has 4 aromatic rings. The van der Waals surface area contributed by atoms with Crippen molar-refractivity contribution in [1.82, 2.24) is 15.1 Å². The Kier molecular flexibility index (Phi) is 5.59. The summed E-state index contributed by atoms with van der Waals surface area (Å²) in [5.74, 6) is 1.91. The molecular formula is C28H31N5O. The Morgan fingerprint density at radius 1 is 0.941 bits per heavy atom. The number of nitrogens with one attached hydrogen (secondary N) is 2. The second-order valence-corrected chi connectivity index (χ2v) is 9.19. The van der Waals surface area contributed by atoms with E-state index in [1.807, 2.05) is 0 Å². The van der Waals surface area contributed by atoms with E-state index in [0.29, 0.717) is 0 Å². The lowest BCUT2D eigenvalue weighted by Gasteiger charge is -2.35. The molecule has 1 fully saturated rings. The van der Waals surface area contributed by atoms with E-state index in [2.05, 4.69) is 92.9 Å². The Labute approximate surface area is 200 Å². The van der Waals surface area contributed by atoms with Crippen molar-refractivity contribution in [3.05, 3.63) is 71.8 Å². The average molecular weight is 454 g/mol. The Morgan fingerprint density at radius 3 is 2.56 bits per heavy atom. The van der Waals surface area contributed by atoms with Crippen LogP contribution in [0, 0.1) is 0 Å². The average Bonchev–Trinajstić information content (AvgIpc) is 3.54. The van der Waals surface area contributed by atoms with E-state index < -0.39 is 0 Å². The largest absolute Gasteiger partial charge is 0.493 e. The Balaban J connectivity index is 1.12. The minimum atomic E-state index is 0.746. The van der Waals surface area contributed by atoms with Gasteiger partial charge < -0.3 is 19.9 Å². The molecule has 3 heterocycles. The molecule has 2 aliphatic rings. The predicted molar refractivity (Wildman–Crippen MR) is 139 cm³/mol. The van der Waals surface area contributed by atoms with Crippen molar-refractivity contribution in [2.45, 2.75) is 19.9 Å². The number of hydrogen-bond donors (Lipinski definition) is 2. The molecule has 1 aromatic heterocycles. The van der Waals surface area contributed by atoms with Crippen molar-refractivity contribution in [2.75, 3.05) is 49.5 Å². The maximum atomic E-state index is 5.64. The second-order valence-electron chi connectivity index (χ2n) is 9.19. The first kappa shape index (κ1) is 21.1. The fourth-order valence-corrected chi connectivity index (χ4v) is 5.03. The van der Waals surface area contributed by atoms with Crippen LogP contribution in [-0.2, 0) is 13.0 Å². The van der Waals surface area contributed by atoms with Gasteiger partial charge in [-0.05, 0) is 65.2 Å². The number of aromatic nitrogens is 2. The molecule has 34 heavy (non-hydrogen) atoms. The molecule has 3 aromatic carbocycles. The van der Waals surface area contributed by atoms with Crippen LogP contribution >= 0.6 is 0 Å². The molecule has 6 heteroatoms. The Morgan fingerprint density at radius 2 is 1.74 bits per heavy atom. The fraction of sp³-hybridized carbons (Fsp3) is 0.321. The van der Waals surface area contributed by atoms with Crippen molar-refractivity contribution in [3.63, 3.8) is 0 Å². The van der Waals surface area contributed by atoms with Crippen LogP contribution in [0.25, 0.3) is 22.0 Å². The number of rotatable bonds is 6. The van der Waals surface area contributed by atoms with Crippen molar-refractivity contribution in [2.24, 2.45) is 0 Å². The monoisotopic (exact) mass is 453 g/mol. The topological polar surface area (TPSA) is 56.4 Å². The molecule has 6 nitrogen and oxygen atoms in total. The van der Waals surface area contributed by atoms with Crippen molar-refractivity contribution >= 4 is 22.4 Å². The molecule has 0 aliphatic carbocycles. The zero-order chi connectivity index (χ0) is 22.9. The summed E-state index contributed by atoms with van der Waals surface area (Å²) >= 11 is 0. The number of fused-ring (bicyclic) bond motifs is 2. The smallest absolute Gasteiger partial charge is 0.155 e. The van der Waals surface area contributed by atoms with Crippen LogP contribution in [0.3, 0.4) is 0 Å². The molecular weight excluding hydrogens is 422 g/mol. The zero-order valence-corrected chi connectivity index (χ0v) is 19.7. The number of likely N-dealkylation sites (N-methyl/N-ethyl adjacent to an activating group) is 1. The maximum Gasteiger partial charge on any atom is 0.155 e. The summed E-state index contributed by atoms with van der Waals surface area (Å²) in [5.41, 5.74) is 7.30. The first-order valence-electron chi connectivity index (χ1n) is 12.3. The van der Waals surface area contributed by atoms with E-state index in [4.69, 9.17) is 4.74 Å². The summed E-state index contributed by atoms with van der Waals surface area (Å²) in [4.78, 5) is 4.99. The van der Waals surface area contributed by atoms with Crippen LogP contribution in [-0.4, -0.2) is 54.4 Å². The van der Waals surface area contributed by atoms with Crippen LogP contribution in [0.5, 0.6) is 5.75 Å². The number of anilines is 2. The van der Waals surface area contributed by atoms with Gasteiger partial charge in [-0.2, -0.15) is 5.10 Å². The molecule has 0 atom stereocenters. The van der Waals surface area contributed by atoms with Gasteiger partial charge in [0.1, 0.15) is 5.75 Å². The van der Waals surface area contributed by atoms with E-state index in [-0.39, 0.29) is 0 Å². The quantitative estimate of drug-likeness (QED) is 0.434. The number of ether oxygens (including phenoxy) is 1. The van der Waals surface area contributed by atoms with Crippen LogP contribution in [0.2, 0.25) is 0 Å². The van der Waals surface area contributed by atoms with Gasteiger partial charge in [-0.15, -0.1) is 0 Å². The third-order valence-corrected chi connectivity index (χ3v) is 7.17. The van der Waals surface area contributed by atoms with E-state index in [0.717, 1.165) is 74.8 Å². The summed E-state index contributed by atoms with van der Waals surface area (Å²) in [6.45, 7) is 9.41. The predicted octanol–water partition coefficient (Wildman–Crippen LogP) is 4.92. The summed E-state index contributed by atoms with van der Waals surface area (Å²) in [5, 5.41) is 12.4. The summed E-state index contributed by atoms with van der Waals surface area (Å²) < 4.78 is 5.64. The maximum absolute atomic E-state index is 5.64. The van der Waals surface area contributed by atoms with E-state index in [1.165, 1.54) is 27.9 Å². The van der Waals surface area contributed by atoms with Gasteiger partial charge in [0, 0.05) is 50.2 Å². The van der Waals surface area contributed by atoms with Crippen LogP contribution < -0.4 is 15.0 Å². The van der Waals surface area contributed by atoms with E-state index in [1.54, 1.807) is 0 Å². The lowest BCUT2D eigenvalue weighted by molar-refractivity contribution is 0.271. The molecule has 0 radical (unpaired) electrons. The highest BCUT2D eigenvalue weighted by Crippen LogP contribution is 2.32. The standard InChI is InChI=1S/C28H31N5O/c1-2-32-12-14-33(15-13-32)24-7-3-20(4-8-24)19-29-28-25-9-5-22(18-26(25)30-31-28)21-6-10-27-23(17-21)11-16-34-27/h3-10,17-18H,2,11-16,19H2,1H3,(H2,29,30,31). The third kappa shape index (κ3) is 4.10. The molecule has 1 saturated heterocycles. The highest BCUT2D eigenvalue weighted by molar-refractivity contribution is 5.92. The Hall–Kier alpha value is -3.51. The molecule has 0 saturated carbocycles. The number of H-pyrrole nitrogens is 1. The van der Waals surface area contributed by atoms with Gasteiger partial charge in [0.2, 0.25) is 0 Å². The molecule has 2 N–H and O–H groups in total. The molecule has 0 unspecified atom stereocenters. The van der Waals surface area contributed by atoms with Gasteiger partial charge in [0.05, 0.1) is 12.1 Å². The number of nitrogens with zero attached hydrogens (tertiary/aromatic N) is 3. The lowest BCUT2D eigenvalue weighted by Crippen LogP contribution is -2.46. The molecule has 6 rings (SSSR count). The highest BCUT2D eigenvalue weighted by Gasteiger charge is 2.16. The van der Waals surface area contributed by atoms with Crippen molar-refractivity contribution in [3.8, 4) is 16.9 Å². The van der Waals surface area contributed by atoms with Crippen LogP contribution in [0.1, 0.15) is 18.1 Å². The number of piperazine rings is 1. The van der Waals surface area contributed by atoms with Gasteiger partial charge >= 0.3 is 0 Å².